The van der Waals surface area contributed by atoms with Crippen LogP contribution in [0.25, 0.3) is 209 Å². The van der Waals surface area contributed by atoms with Crippen molar-refractivity contribution in [3.05, 3.63) is 411 Å². The highest BCUT2D eigenvalue weighted by molar-refractivity contribution is 6.24. The molecule has 0 amide bonds. The zero-order valence-corrected chi connectivity index (χ0v) is 63.4. The van der Waals surface area contributed by atoms with Crippen molar-refractivity contribution in [1.29, 1.82) is 0 Å². The Morgan fingerprint density at radius 2 is 0.513 bits per heavy atom. The van der Waals surface area contributed by atoms with E-state index in [1.807, 2.05) is 6.07 Å². The van der Waals surface area contributed by atoms with E-state index in [1.54, 1.807) is 0 Å². The first-order chi connectivity index (χ1) is 55.6. The lowest BCUT2D eigenvalue weighted by Gasteiger charge is -2.22. The number of furan rings is 1. The summed E-state index contributed by atoms with van der Waals surface area (Å²) in [5.74, 6) is 0. The third-order valence-corrected chi connectivity index (χ3v) is 25.1. The Morgan fingerprint density at radius 3 is 1.04 bits per heavy atom. The Kier molecular flexibility index (Phi) is 15.1. The van der Waals surface area contributed by atoms with Gasteiger partial charge >= 0.3 is 0 Å². The number of para-hydroxylation sites is 2. The van der Waals surface area contributed by atoms with Crippen LogP contribution in [0, 0.1) is 0 Å². The summed E-state index contributed by atoms with van der Waals surface area (Å²) in [5, 5.41) is 20.0. The number of fused-ring (bicyclic) bond motifs is 16. The van der Waals surface area contributed by atoms with E-state index in [1.165, 1.54) is 198 Å². The van der Waals surface area contributed by atoms with Crippen LogP contribution in [-0.4, -0.2) is 0 Å². The molecule has 0 spiro atoms. The molecular weight excluding hydrogens is 1360 g/mol. The SMILES string of the molecule is CC1(C)c2cc3ccccc3cc2-c2c(-c3ccc(-c4c5ccccc5c(-c5ccccc5-c5cccc6c5oc5ccccc56)c5ccccc45)cc3)cccc21.CC1(C)c2cc3ccccc3cc2-c2c(-c3cccc(-c4c5ccccc5c(-c5ccc(-c6ccc7ccccc7c6)cc5)c5ccccc45)c3)cccc21. The first-order valence-corrected chi connectivity index (χ1v) is 39.6. The third-order valence-electron chi connectivity index (χ3n) is 25.1. The smallest absolute Gasteiger partial charge is 0.143 e. The molecule has 20 aromatic carbocycles. The highest BCUT2D eigenvalue weighted by atomic mass is 16.3. The summed E-state index contributed by atoms with van der Waals surface area (Å²) in [7, 11) is 0. The van der Waals surface area contributed by atoms with Crippen molar-refractivity contribution in [2.75, 3.05) is 0 Å². The van der Waals surface area contributed by atoms with Crippen LogP contribution < -0.4 is 0 Å². The molecular formula is C112H76O. The predicted molar refractivity (Wildman–Crippen MR) is 481 cm³/mol. The van der Waals surface area contributed by atoms with E-state index >= 15 is 0 Å². The maximum absolute atomic E-state index is 6.59. The molecule has 21 aromatic rings. The van der Waals surface area contributed by atoms with Crippen LogP contribution in [0.1, 0.15) is 49.9 Å². The molecule has 1 heteroatoms. The summed E-state index contributed by atoms with van der Waals surface area (Å²) in [4.78, 5) is 0. The van der Waals surface area contributed by atoms with Crippen LogP contribution in [0.3, 0.4) is 0 Å². The van der Waals surface area contributed by atoms with Gasteiger partial charge in [-0.3, -0.25) is 0 Å². The number of rotatable bonds is 8. The zero-order chi connectivity index (χ0) is 75.2. The maximum Gasteiger partial charge on any atom is 0.143 e. The molecule has 0 radical (unpaired) electrons. The van der Waals surface area contributed by atoms with E-state index in [4.69, 9.17) is 4.42 Å². The van der Waals surface area contributed by atoms with E-state index in [-0.39, 0.29) is 10.8 Å². The Morgan fingerprint density at radius 1 is 0.168 bits per heavy atom. The third kappa shape index (κ3) is 10.5. The lowest BCUT2D eigenvalue weighted by Crippen LogP contribution is -2.14. The van der Waals surface area contributed by atoms with Crippen molar-refractivity contribution in [3.8, 4) is 111 Å². The van der Waals surface area contributed by atoms with Crippen molar-refractivity contribution in [3.63, 3.8) is 0 Å². The summed E-state index contributed by atoms with van der Waals surface area (Å²) in [5.41, 5.74) is 32.4. The fraction of sp³-hybridized carbons (Fsp3) is 0.0536. The standard InChI is InChI=1S/C57H38O.C55H38/c1-57(2)50-27-14-24-39(55(50)49-33-37-15-3-4-16-38(37)34-51(49)57)35-29-31-36(32-30-35)53-43-20-7-9-22-45(43)54(46-23-10-8-21-44(46)53)42-19-6-5-17-40(42)47-25-13-26-48-41-18-11-12-28-52(41)58-56(47)48;1-55(2)50-24-12-23-44(54(50)49-33-39-15-5-6-16-40(39)34-51(49)55)42-17-11-18-43(32-42)53-47-21-9-7-19-45(47)52(46-20-8-10-22-48(46)53)37-28-25-36(26-29-37)41-30-27-35-13-3-4-14-38(35)31-41/h3-34H,1-2H3;3-34H,1-2H3. The van der Waals surface area contributed by atoms with E-state index in [0.29, 0.717) is 0 Å². The Hall–Kier alpha value is -14.0. The van der Waals surface area contributed by atoms with Gasteiger partial charge in [-0.25, -0.2) is 0 Å². The Labute approximate surface area is 657 Å². The minimum Gasteiger partial charge on any atom is -0.455 e. The van der Waals surface area contributed by atoms with Gasteiger partial charge in [0.15, 0.2) is 0 Å². The van der Waals surface area contributed by atoms with Gasteiger partial charge in [-0.05, 0) is 246 Å². The topological polar surface area (TPSA) is 13.1 Å². The van der Waals surface area contributed by atoms with Crippen molar-refractivity contribution in [2.45, 2.75) is 38.5 Å². The molecule has 0 aliphatic heterocycles. The first-order valence-electron chi connectivity index (χ1n) is 39.6. The van der Waals surface area contributed by atoms with E-state index in [0.717, 1.165) is 33.1 Å². The summed E-state index contributed by atoms with van der Waals surface area (Å²) in [6.45, 7) is 9.50. The van der Waals surface area contributed by atoms with Crippen LogP contribution in [0.2, 0.25) is 0 Å². The predicted octanol–water partition coefficient (Wildman–Crippen LogP) is 31.3. The molecule has 0 N–H and O–H groups in total. The molecule has 0 unspecified atom stereocenters. The van der Waals surface area contributed by atoms with Gasteiger partial charge in [0, 0.05) is 27.2 Å². The summed E-state index contributed by atoms with van der Waals surface area (Å²) in [6, 6.07) is 144. The van der Waals surface area contributed by atoms with Crippen LogP contribution in [-0.2, 0) is 10.8 Å². The molecule has 0 atom stereocenters. The molecule has 113 heavy (non-hydrogen) atoms. The van der Waals surface area contributed by atoms with Gasteiger partial charge in [0.1, 0.15) is 11.2 Å². The number of benzene rings is 20. The molecule has 0 bridgehead atoms. The van der Waals surface area contributed by atoms with Gasteiger partial charge in [-0.2, -0.15) is 0 Å². The van der Waals surface area contributed by atoms with Crippen molar-refractivity contribution in [1.82, 2.24) is 0 Å². The zero-order valence-electron chi connectivity index (χ0n) is 63.4. The summed E-state index contributed by atoms with van der Waals surface area (Å²) >= 11 is 0. The van der Waals surface area contributed by atoms with Gasteiger partial charge in [0.05, 0.1) is 0 Å². The summed E-state index contributed by atoms with van der Waals surface area (Å²) in [6.07, 6.45) is 0. The number of hydrogen-bond donors (Lipinski definition) is 0. The first kappa shape index (κ1) is 66.0. The monoisotopic (exact) mass is 1440 g/mol. The average molecular weight is 1440 g/mol. The van der Waals surface area contributed by atoms with E-state index < -0.39 is 0 Å². The average Bonchev–Trinajstić information content (AvgIpc) is 1.71. The minimum atomic E-state index is -0.0851. The summed E-state index contributed by atoms with van der Waals surface area (Å²) < 4.78 is 6.59. The van der Waals surface area contributed by atoms with Crippen molar-refractivity contribution < 1.29 is 4.42 Å². The van der Waals surface area contributed by atoms with Gasteiger partial charge in [0.2, 0.25) is 0 Å². The minimum absolute atomic E-state index is 0.0819. The van der Waals surface area contributed by atoms with Crippen LogP contribution in [0.15, 0.2) is 393 Å². The van der Waals surface area contributed by atoms with Gasteiger partial charge in [0.25, 0.3) is 0 Å². The molecule has 0 fully saturated rings. The van der Waals surface area contributed by atoms with Crippen LogP contribution in [0.5, 0.6) is 0 Å². The van der Waals surface area contributed by atoms with E-state index in [2.05, 4.69) is 410 Å². The maximum atomic E-state index is 6.59. The van der Waals surface area contributed by atoms with Crippen LogP contribution >= 0.6 is 0 Å². The fourth-order valence-electron chi connectivity index (χ4n) is 19.7. The van der Waals surface area contributed by atoms with Gasteiger partial charge in [-0.15, -0.1) is 0 Å². The molecule has 530 valence electrons. The van der Waals surface area contributed by atoms with Crippen molar-refractivity contribution in [2.24, 2.45) is 0 Å². The van der Waals surface area contributed by atoms with Crippen LogP contribution in [0.4, 0.5) is 0 Å². The molecule has 1 heterocycles. The highest BCUT2D eigenvalue weighted by Gasteiger charge is 2.39. The molecule has 0 saturated heterocycles. The lowest BCUT2D eigenvalue weighted by molar-refractivity contribution is 0.661. The molecule has 2 aliphatic carbocycles. The lowest BCUT2D eigenvalue weighted by atomic mass is 9.81. The molecule has 1 aromatic heterocycles. The second-order valence-corrected chi connectivity index (χ2v) is 32.0. The molecule has 1 nitrogen and oxygen atoms in total. The fourth-order valence-corrected chi connectivity index (χ4v) is 19.7. The quantitative estimate of drug-likeness (QED) is 0.138. The molecule has 23 rings (SSSR count). The normalized spacial score (nSPS) is 13.1. The van der Waals surface area contributed by atoms with Crippen molar-refractivity contribution >= 4 is 97.3 Å². The second kappa shape index (κ2) is 25.8. The Bertz CT molecular complexity index is 7410. The number of hydrogen-bond acceptors (Lipinski definition) is 1. The van der Waals surface area contributed by atoms with Gasteiger partial charge in [-0.1, -0.05) is 373 Å². The Balaban J connectivity index is 0.000000138. The largest absolute Gasteiger partial charge is 0.455 e. The van der Waals surface area contributed by atoms with E-state index in [9.17, 15) is 0 Å². The molecule has 0 saturated carbocycles. The second-order valence-electron chi connectivity index (χ2n) is 32.0. The highest BCUT2D eigenvalue weighted by Crippen LogP contribution is 2.57. The van der Waals surface area contributed by atoms with Gasteiger partial charge < -0.3 is 4.42 Å². The molecule has 2 aliphatic rings.